The van der Waals surface area contributed by atoms with Gasteiger partial charge in [0.2, 0.25) is 0 Å². The van der Waals surface area contributed by atoms with Crippen LogP contribution in [0, 0.1) is 5.41 Å². The van der Waals surface area contributed by atoms with E-state index in [1.54, 1.807) is 4.90 Å². The van der Waals surface area contributed by atoms with Crippen LogP contribution in [-0.2, 0) is 11.2 Å². The van der Waals surface area contributed by atoms with Gasteiger partial charge in [0, 0.05) is 60.3 Å². The number of anilines is 1. The molecule has 1 aromatic carbocycles. The molecule has 168 valence electrons. The number of fused-ring (bicyclic) bond motifs is 1. The number of nitrogens with zero attached hydrogens (tertiary/aromatic N) is 2. The number of carbonyl (C=O) groups is 1. The van der Waals surface area contributed by atoms with Crippen molar-refractivity contribution >= 4 is 23.6 Å². The molecular weight excluding hydrogens is 392 g/mol. The maximum atomic E-state index is 12.5. The molecule has 0 unspecified atom stereocenters. The molecule has 0 radical (unpaired) electrons. The predicted octanol–water partition coefficient (Wildman–Crippen LogP) is 3.81. The van der Waals surface area contributed by atoms with E-state index in [4.69, 9.17) is 14.9 Å². The van der Waals surface area contributed by atoms with Crippen molar-refractivity contribution < 1.29 is 14.3 Å². The van der Waals surface area contributed by atoms with Gasteiger partial charge in [-0.2, -0.15) is 0 Å². The number of hydrogen-bond acceptors (Lipinski definition) is 6. The van der Waals surface area contributed by atoms with Gasteiger partial charge in [0.15, 0.2) is 0 Å². The van der Waals surface area contributed by atoms with Crippen molar-refractivity contribution in [2.45, 2.75) is 70.7 Å². The van der Waals surface area contributed by atoms with E-state index in [0.717, 1.165) is 54.1 Å². The third-order valence-electron chi connectivity index (χ3n) is 6.53. The molecule has 0 spiro atoms. The summed E-state index contributed by atoms with van der Waals surface area (Å²) >= 11 is 0. The molecule has 2 N–H and O–H groups in total. The first-order chi connectivity index (χ1) is 14.9. The summed E-state index contributed by atoms with van der Waals surface area (Å²) in [6, 6.07) is 5.03. The number of methoxy groups -OCH3 is 1. The first-order valence-electron chi connectivity index (χ1n) is 11.3. The quantitative estimate of drug-likeness (QED) is 0.649. The van der Waals surface area contributed by atoms with Gasteiger partial charge in [-0.3, -0.25) is 9.80 Å². The van der Waals surface area contributed by atoms with Crippen LogP contribution in [0.1, 0.15) is 51.2 Å². The molecule has 1 saturated heterocycles. The second-order valence-electron chi connectivity index (χ2n) is 9.14. The van der Waals surface area contributed by atoms with Crippen LogP contribution in [0.25, 0.3) is 5.57 Å². The standard InChI is InChI=1S/C24H34N4O3/c1-15(2)27-13-19(14-27)31-23-20(17(11-25)12-26-18-6-7-18)9-10-22-21(23)8-5-16(3)28(22)24(29)30-4/h9-12,15-16,18-19,25-26H,5-8,13-14H2,1-4H3/b17-12+,25-11?/t16-/m0/s1. The van der Waals surface area contributed by atoms with Gasteiger partial charge >= 0.3 is 6.09 Å². The second kappa shape index (κ2) is 8.91. The largest absolute Gasteiger partial charge is 0.487 e. The number of carbonyl (C=O) groups excluding carboxylic acids is 1. The summed E-state index contributed by atoms with van der Waals surface area (Å²) in [5.41, 5.74) is 3.59. The summed E-state index contributed by atoms with van der Waals surface area (Å²) in [7, 11) is 1.42. The highest BCUT2D eigenvalue weighted by Crippen LogP contribution is 2.42. The summed E-state index contributed by atoms with van der Waals surface area (Å²) in [5.74, 6) is 0.805. The molecule has 3 aliphatic rings. The van der Waals surface area contributed by atoms with Crippen molar-refractivity contribution in [3.63, 3.8) is 0 Å². The number of amides is 1. The maximum Gasteiger partial charge on any atom is 0.414 e. The Morgan fingerprint density at radius 2 is 2.00 bits per heavy atom. The van der Waals surface area contributed by atoms with Gasteiger partial charge < -0.3 is 20.2 Å². The fourth-order valence-corrected chi connectivity index (χ4v) is 4.33. The Morgan fingerprint density at radius 3 is 2.61 bits per heavy atom. The molecule has 1 aromatic rings. The molecule has 0 bridgehead atoms. The lowest BCUT2D eigenvalue weighted by Gasteiger charge is -2.43. The smallest absolute Gasteiger partial charge is 0.414 e. The highest BCUT2D eigenvalue weighted by Gasteiger charge is 2.35. The van der Waals surface area contributed by atoms with Crippen molar-refractivity contribution in [2.75, 3.05) is 25.1 Å². The lowest BCUT2D eigenvalue weighted by atomic mass is 9.92. The van der Waals surface area contributed by atoms with E-state index in [1.165, 1.54) is 26.2 Å². The normalized spacial score (nSPS) is 22.0. The molecule has 2 aliphatic heterocycles. The lowest BCUT2D eigenvalue weighted by molar-refractivity contribution is -0.000506. The number of allylic oxidation sites excluding steroid dienone is 1. The van der Waals surface area contributed by atoms with Gasteiger partial charge in [-0.15, -0.1) is 0 Å². The second-order valence-corrected chi connectivity index (χ2v) is 9.14. The average Bonchev–Trinajstić information content (AvgIpc) is 3.54. The van der Waals surface area contributed by atoms with E-state index in [2.05, 4.69) is 24.1 Å². The van der Waals surface area contributed by atoms with Crippen molar-refractivity contribution in [3.8, 4) is 5.75 Å². The third-order valence-corrected chi connectivity index (χ3v) is 6.53. The predicted molar refractivity (Wildman–Crippen MR) is 123 cm³/mol. The molecule has 1 amide bonds. The Hall–Kier alpha value is -2.54. The maximum absolute atomic E-state index is 12.5. The molecule has 31 heavy (non-hydrogen) atoms. The topological polar surface area (TPSA) is 77.9 Å². The van der Waals surface area contributed by atoms with Gasteiger partial charge in [-0.05, 0) is 58.6 Å². The SMILES string of the molecule is COC(=O)N1c2ccc(/C(C=N)=C/NC3CC3)c(OC3CN(C(C)C)C3)c2CC[C@@H]1C. The lowest BCUT2D eigenvalue weighted by Crippen LogP contribution is -2.56. The van der Waals surface area contributed by atoms with E-state index in [1.807, 2.05) is 25.3 Å². The van der Waals surface area contributed by atoms with Crippen molar-refractivity contribution in [2.24, 2.45) is 0 Å². The fourth-order valence-electron chi connectivity index (χ4n) is 4.33. The Labute approximate surface area is 184 Å². The highest BCUT2D eigenvalue weighted by atomic mass is 16.5. The summed E-state index contributed by atoms with van der Waals surface area (Å²) in [6.45, 7) is 8.22. The van der Waals surface area contributed by atoms with Gasteiger partial charge in [0.25, 0.3) is 0 Å². The van der Waals surface area contributed by atoms with Gasteiger partial charge in [-0.25, -0.2) is 4.79 Å². The zero-order valence-electron chi connectivity index (χ0n) is 19.0. The number of benzene rings is 1. The molecule has 1 aliphatic carbocycles. The number of hydrogen-bond donors (Lipinski definition) is 2. The Morgan fingerprint density at radius 1 is 1.26 bits per heavy atom. The molecule has 7 heteroatoms. The van der Waals surface area contributed by atoms with Crippen LogP contribution in [0.3, 0.4) is 0 Å². The van der Waals surface area contributed by atoms with Crippen LogP contribution >= 0.6 is 0 Å². The molecule has 4 rings (SSSR count). The minimum Gasteiger partial charge on any atom is -0.487 e. The molecule has 1 saturated carbocycles. The summed E-state index contributed by atoms with van der Waals surface area (Å²) < 4.78 is 11.6. The first-order valence-corrected chi connectivity index (χ1v) is 11.3. The monoisotopic (exact) mass is 426 g/mol. The molecular formula is C24H34N4O3. The van der Waals surface area contributed by atoms with E-state index in [0.29, 0.717) is 12.1 Å². The summed E-state index contributed by atoms with van der Waals surface area (Å²) in [6.07, 6.45) is 7.10. The van der Waals surface area contributed by atoms with Crippen LogP contribution in [0.15, 0.2) is 18.3 Å². The van der Waals surface area contributed by atoms with E-state index in [9.17, 15) is 4.79 Å². The van der Waals surface area contributed by atoms with E-state index >= 15 is 0 Å². The molecule has 2 heterocycles. The molecule has 2 fully saturated rings. The first kappa shape index (κ1) is 21.7. The van der Waals surface area contributed by atoms with Crippen molar-refractivity contribution in [1.82, 2.24) is 10.2 Å². The van der Waals surface area contributed by atoms with Crippen LogP contribution < -0.4 is 15.0 Å². The minimum absolute atomic E-state index is 0.0630. The van der Waals surface area contributed by atoms with Crippen molar-refractivity contribution in [3.05, 3.63) is 29.5 Å². The zero-order valence-corrected chi connectivity index (χ0v) is 19.0. The van der Waals surface area contributed by atoms with Gasteiger partial charge in [0.1, 0.15) is 11.9 Å². The summed E-state index contributed by atoms with van der Waals surface area (Å²) in [4.78, 5) is 16.6. The van der Waals surface area contributed by atoms with E-state index < -0.39 is 0 Å². The number of nitrogens with one attached hydrogen (secondary N) is 2. The number of likely N-dealkylation sites (tertiary alicyclic amines) is 1. The number of rotatable bonds is 7. The van der Waals surface area contributed by atoms with Gasteiger partial charge in [-0.1, -0.05) is 0 Å². The average molecular weight is 427 g/mol. The van der Waals surface area contributed by atoms with Crippen LogP contribution in [0.4, 0.5) is 10.5 Å². The Bertz CT molecular complexity index is 872. The Balaban J connectivity index is 1.72. The number of ether oxygens (including phenoxy) is 2. The van der Waals surface area contributed by atoms with Crippen LogP contribution in [-0.4, -0.2) is 61.6 Å². The summed E-state index contributed by atoms with van der Waals surface area (Å²) in [5, 5.41) is 11.4. The molecule has 0 aromatic heterocycles. The highest BCUT2D eigenvalue weighted by molar-refractivity contribution is 6.10. The minimum atomic E-state index is -0.347. The van der Waals surface area contributed by atoms with Crippen LogP contribution in [0.2, 0.25) is 0 Å². The van der Waals surface area contributed by atoms with Gasteiger partial charge in [0.05, 0.1) is 12.8 Å². The van der Waals surface area contributed by atoms with E-state index in [-0.39, 0.29) is 18.2 Å². The molecule has 7 nitrogen and oxygen atoms in total. The zero-order chi connectivity index (χ0) is 22.1. The van der Waals surface area contributed by atoms with Crippen molar-refractivity contribution in [1.29, 1.82) is 5.41 Å². The molecule has 1 atom stereocenters. The Kier molecular flexibility index (Phi) is 6.23. The fraction of sp³-hybridized carbons (Fsp3) is 0.583. The van der Waals surface area contributed by atoms with Crippen LogP contribution in [0.5, 0.6) is 5.75 Å². The third kappa shape index (κ3) is 4.42.